The van der Waals surface area contributed by atoms with Crippen LogP contribution in [0.3, 0.4) is 0 Å². The molecule has 1 amide bonds. The molecule has 0 spiro atoms. The Morgan fingerprint density at radius 1 is 1.35 bits per heavy atom. The summed E-state index contributed by atoms with van der Waals surface area (Å²) >= 11 is 0. The van der Waals surface area contributed by atoms with Crippen molar-refractivity contribution in [3.8, 4) is 0 Å². The van der Waals surface area contributed by atoms with Gasteiger partial charge in [-0.15, -0.1) is 0 Å². The molecule has 0 fully saturated rings. The van der Waals surface area contributed by atoms with Crippen molar-refractivity contribution in [3.05, 3.63) is 48.3 Å². The third kappa shape index (κ3) is 3.85. The highest BCUT2D eigenvalue weighted by atomic mass is 16.1. The molecule has 1 aromatic carbocycles. The van der Waals surface area contributed by atoms with Gasteiger partial charge < -0.3 is 10.6 Å². The lowest BCUT2D eigenvalue weighted by atomic mass is 10.2. The number of amides is 1. The van der Waals surface area contributed by atoms with E-state index in [0.29, 0.717) is 12.1 Å². The molecule has 0 aliphatic rings. The summed E-state index contributed by atoms with van der Waals surface area (Å²) in [6, 6.07) is 9.96. The molecule has 0 radical (unpaired) electrons. The molecule has 0 bridgehead atoms. The Kier molecular flexibility index (Phi) is 4.76. The van der Waals surface area contributed by atoms with Crippen molar-refractivity contribution in [2.24, 2.45) is 0 Å². The first kappa shape index (κ1) is 14.1. The summed E-state index contributed by atoms with van der Waals surface area (Å²) in [5.74, 6) is -0.0907. The number of nitrogens with zero attached hydrogens (tertiary/aromatic N) is 2. The molecule has 1 heterocycles. The monoisotopic (exact) mass is 272 g/mol. The Bertz CT molecular complexity index is 550. The fourth-order valence-electron chi connectivity index (χ4n) is 1.84. The summed E-state index contributed by atoms with van der Waals surface area (Å²) < 4.78 is 1.74. The van der Waals surface area contributed by atoms with E-state index < -0.39 is 0 Å². The van der Waals surface area contributed by atoms with Gasteiger partial charge >= 0.3 is 0 Å². The fraction of sp³-hybridized carbons (Fsp3) is 0.333. The molecule has 5 nitrogen and oxygen atoms in total. The molecule has 1 atom stereocenters. The van der Waals surface area contributed by atoms with Gasteiger partial charge in [-0.3, -0.25) is 9.48 Å². The molecule has 20 heavy (non-hydrogen) atoms. The van der Waals surface area contributed by atoms with Crippen LogP contribution in [0, 0.1) is 0 Å². The minimum atomic E-state index is -0.0907. The van der Waals surface area contributed by atoms with E-state index in [9.17, 15) is 4.79 Å². The van der Waals surface area contributed by atoms with Crippen molar-refractivity contribution >= 4 is 11.6 Å². The van der Waals surface area contributed by atoms with Crippen molar-refractivity contribution < 1.29 is 4.79 Å². The molecule has 106 valence electrons. The lowest BCUT2D eigenvalue weighted by Crippen LogP contribution is -2.37. The van der Waals surface area contributed by atoms with Crippen LogP contribution < -0.4 is 10.6 Å². The normalized spacial score (nSPS) is 11.9. The maximum atomic E-state index is 12.0. The molecule has 0 saturated carbocycles. The zero-order valence-electron chi connectivity index (χ0n) is 11.8. The Morgan fingerprint density at radius 3 is 2.75 bits per heavy atom. The van der Waals surface area contributed by atoms with Crippen LogP contribution in [0.15, 0.2) is 42.7 Å². The molecule has 2 aromatic rings. The van der Waals surface area contributed by atoms with Crippen LogP contribution in [0.1, 0.15) is 24.2 Å². The smallest absolute Gasteiger partial charge is 0.254 e. The lowest BCUT2D eigenvalue weighted by Gasteiger charge is -2.15. The number of rotatable bonds is 6. The van der Waals surface area contributed by atoms with Gasteiger partial charge in [0.2, 0.25) is 0 Å². The average Bonchev–Trinajstić information content (AvgIpc) is 2.95. The minimum Gasteiger partial charge on any atom is -0.383 e. The van der Waals surface area contributed by atoms with Gasteiger partial charge in [0.1, 0.15) is 0 Å². The van der Waals surface area contributed by atoms with Gasteiger partial charge in [-0.25, -0.2) is 0 Å². The molecule has 2 rings (SSSR count). The van der Waals surface area contributed by atoms with E-state index in [-0.39, 0.29) is 11.9 Å². The molecule has 0 aliphatic heterocycles. The summed E-state index contributed by atoms with van der Waals surface area (Å²) in [4.78, 5) is 12.0. The van der Waals surface area contributed by atoms with Crippen molar-refractivity contribution in [2.45, 2.75) is 26.4 Å². The molecule has 0 aliphatic carbocycles. The number of aryl methyl sites for hydroxylation is 1. The molecular weight excluding hydrogens is 252 g/mol. The number of aromatic nitrogens is 2. The summed E-state index contributed by atoms with van der Waals surface area (Å²) in [5.41, 5.74) is 1.64. The van der Waals surface area contributed by atoms with Crippen molar-refractivity contribution in [3.63, 3.8) is 0 Å². The van der Waals surface area contributed by atoms with Crippen LogP contribution in [0.4, 0.5) is 5.69 Å². The van der Waals surface area contributed by atoms with Crippen LogP contribution in [-0.2, 0) is 6.54 Å². The number of nitrogens with one attached hydrogen (secondary N) is 2. The van der Waals surface area contributed by atoms with Gasteiger partial charge in [0.15, 0.2) is 0 Å². The van der Waals surface area contributed by atoms with Gasteiger partial charge in [0.05, 0.1) is 11.8 Å². The first-order valence-corrected chi connectivity index (χ1v) is 6.81. The number of carbonyl (C=O) groups is 1. The minimum absolute atomic E-state index is 0.0349. The van der Waals surface area contributed by atoms with Crippen LogP contribution in [-0.4, -0.2) is 28.3 Å². The van der Waals surface area contributed by atoms with E-state index in [0.717, 1.165) is 12.2 Å². The van der Waals surface area contributed by atoms with Crippen molar-refractivity contribution in [1.82, 2.24) is 15.1 Å². The van der Waals surface area contributed by atoms with Gasteiger partial charge in [0.25, 0.3) is 5.91 Å². The molecule has 1 aromatic heterocycles. The quantitative estimate of drug-likeness (QED) is 0.847. The van der Waals surface area contributed by atoms with Gasteiger partial charge in [-0.1, -0.05) is 18.2 Å². The number of anilines is 1. The third-order valence-corrected chi connectivity index (χ3v) is 2.98. The van der Waals surface area contributed by atoms with Crippen molar-refractivity contribution in [2.75, 3.05) is 11.9 Å². The molecule has 5 heteroatoms. The second-order valence-corrected chi connectivity index (χ2v) is 4.71. The highest BCUT2D eigenvalue weighted by molar-refractivity contribution is 5.93. The summed E-state index contributed by atoms with van der Waals surface area (Å²) in [5, 5.41) is 10.3. The SMILES string of the molecule is CCn1cc(C(=O)N[C@H](C)CNc2ccccc2)cn1. The van der Waals surface area contributed by atoms with E-state index in [1.807, 2.05) is 44.2 Å². The Balaban J connectivity index is 1.82. The number of benzene rings is 1. The maximum absolute atomic E-state index is 12.0. The maximum Gasteiger partial charge on any atom is 0.254 e. The fourth-order valence-corrected chi connectivity index (χ4v) is 1.84. The van der Waals surface area contributed by atoms with Crippen molar-refractivity contribution in [1.29, 1.82) is 0 Å². The highest BCUT2D eigenvalue weighted by Crippen LogP contribution is 2.05. The largest absolute Gasteiger partial charge is 0.383 e. The zero-order valence-corrected chi connectivity index (χ0v) is 11.8. The second kappa shape index (κ2) is 6.75. The van der Waals surface area contributed by atoms with Crippen LogP contribution >= 0.6 is 0 Å². The Hall–Kier alpha value is -2.30. The second-order valence-electron chi connectivity index (χ2n) is 4.71. The van der Waals surface area contributed by atoms with E-state index in [2.05, 4.69) is 15.7 Å². The Labute approximate surface area is 119 Å². The predicted molar refractivity (Wildman–Crippen MR) is 79.8 cm³/mol. The summed E-state index contributed by atoms with van der Waals surface area (Å²) in [6.07, 6.45) is 3.35. The van der Waals surface area contributed by atoms with Crippen LogP contribution in [0.25, 0.3) is 0 Å². The number of para-hydroxylation sites is 1. The lowest BCUT2D eigenvalue weighted by molar-refractivity contribution is 0.0942. The molecule has 0 unspecified atom stereocenters. The molecular formula is C15H20N4O. The summed E-state index contributed by atoms with van der Waals surface area (Å²) in [6.45, 7) is 5.40. The Morgan fingerprint density at radius 2 is 2.10 bits per heavy atom. The van der Waals surface area contributed by atoms with Crippen LogP contribution in [0.2, 0.25) is 0 Å². The van der Waals surface area contributed by atoms with Crippen LogP contribution in [0.5, 0.6) is 0 Å². The predicted octanol–water partition coefficient (Wildman–Crippen LogP) is 2.13. The molecule has 2 N–H and O–H groups in total. The van der Waals surface area contributed by atoms with Gasteiger partial charge in [-0.2, -0.15) is 5.10 Å². The topological polar surface area (TPSA) is 59.0 Å². The van der Waals surface area contributed by atoms with E-state index in [1.165, 1.54) is 0 Å². The first-order chi connectivity index (χ1) is 9.69. The number of carbonyl (C=O) groups excluding carboxylic acids is 1. The zero-order chi connectivity index (χ0) is 14.4. The number of hydrogen-bond donors (Lipinski definition) is 2. The highest BCUT2D eigenvalue weighted by Gasteiger charge is 2.11. The average molecular weight is 272 g/mol. The summed E-state index contributed by atoms with van der Waals surface area (Å²) in [7, 11) is 0. The van der Waals surface area contributed by atoms with E-state index in [1.54, 1.807) is 17.1 Å². The van der Waals surface area contributed by atoms with Gasteiger partial charge in [0, 0.05) is 31.0 Å². The molecule has 0 saturated heterocycles. The van der Waals surface area contributed by atoms with E-state index in [4.69, 9.17) is 0 Å². The van der Waals surface area contributed by atoms with E-state index >= 15 is 0 Å². The number of hydrogen-bond acceptors (Lipinski definition) is 3. The van der Waals surface area contributed by atoms with Gasteiger partial charge in [-0.05, 0) is 26.0 Å². The first-order valence-electron chi connectivity index (χ1n) is 6.81. The third-order valence-electron chi connectivity index (χ3n) is 2.98. The standard InChI is InChI=1S/C15H20N4O/c1-3-19-11-13(10-17-19)15(20)18-12(2)9-16-14-7-5-4-6-8-14/h4-8,10-12,16H,3,9H2,1-2H3,(H,18,20)/t12-/m1/s1.